The topological polar surface area (TPSA) is 57.5 Å². The van der Waals surface area contributed by atoms with E-state index in [1.807, 2.05) is 13.8 Å². The lowest BCUT2D eigenvalue weighted by Crippen LogP contribution is -2.45. The first kappa shape index (κ1) is 9.00. The van der Waals surface area contributed by atoms with E-state index in [9.17, 15) is 9.90 Å². The van der Waals surface area contributed by atoms with E-state index in [4.69, 9.17) is 5.11 Å². The molecule has 2 aliphatic rings. The van der Waals surface area contributed by atoms with Gasteiger partial charge in [-0.25, -0.2) is 0 Å². The van der Waals surface area contributed by atoms with Gasteiger partial charge in [-0.1, -0.05) is 13.8 Å². The Labute approximate surface area is 77.8 Å². The molecule has 3 heteroatoms. The number of carboxylic acid groups (broad SMARTS) is 1. The molecule has 0 amide bonds. The summed E-state index contributed by atoms with van der Waals surface area (Å²) < 4.78 is 0. The van der Waals surface area contributed by atoms with E-state index in [0.29, 0.717) is 18.8 Å². The summed E-state index contributed by atoms with van der Waals surface area (Å²) >= 11 is 0. The molecule has 2 saturated carbocycles. The molecular weight excluding hydrogens is 168 g/mol. The number of aliphatic hydroxyl groups excluding tert-OH is 1. The number of aliphatic hydroxyl groups is 1. The maximum absolute atomic E-state index is 11.1. The first-order chi connectivity index (χ1) is 5.91. The summed E-state index contributed by atoms with van der Waals surface area (Å²) in [7, 11) is 0. The molecule has 0 aromatic rings. The third-order valence-corrected chi connectivity index (χ3v) is 4.26. The molecule has 0 aliphatic heterocycles. The third-order valence-electron chi connectivity index (χ3n) is 4.26. The second kappa shape index (κ2) is 2.27. The van der Waals surface area contributed by atoms with E-state index >= 15 is 0 Å². The predicted octanol–water partition coefficient (Wildman–Crippen LogP) is 1.26. The SMILES string of the molecule is CC1(C)[C@H]2CC[C@](C(=O)O)(C2)[C@H]1O. The van der Waals surface area contributed by atoms with Gasteiger partial charge in [0.05, 0.1) is 11.5 Å². The van der Waals surface area contributed by atoms with Crippen LogP contribution in [0.5, 0.6) is 0 Å². The van der Waals surface area contributed by atoms with E-state index in [-0.39, 0.29) is 5.41 Å². The fourth-order valence-electron chi connectivity index (χ4n) is 3.21. The van der Waals surface area contributed by atoms with Gasteiger partial charge >= 0.3 is 5.97 Å². The lowest BCUT2D eigenvalue weighted by molar-refractivity contribution is -0.159. The molecule has 3 nitrogen and oxygen atoms in total. The molecule has 0 unspecified atom stereocenters. The molecule has 0 aromatic carbocycles. The average molecular weight is 184 g/mol. The number of rotatable bonds is 1. The molecular formula is C10H16O3. The van der Waals surface area contributed by atoms with E-state index in [1.54, 1.807) is 0 Å². The molecule has 74 valence electrons. The Morgan fingerprint density at radius 3 is 2.38 bits per heavy atom. The van der Waals surface area contributed by atoms with E-state index in [2.05, 4.69) is 0 Å². The average Bonchev–Trinajstić information content (AvgIpc) is 2.53. The Kier molecular flexibility index (Phi) is 1.57. The summed E-state index contributed by atoms with van der Waals surface area (Å²) in [5, 5.41) is 19.1. The van der Waals surface area contributed by atoms with Crippen LogP contribution in [-0.4, -0.2) is 22.3 Å². The van der Waals surface area contributed by atoms with Gasteiger partial charge in [0.15, 0.2) is 0 Å². The number of hydrogen-bond donors (Lipinski definition) is 2. The van der Waals surface area contributed by atoms with Crippen molar-refractivity contribution >= 4 is 5.97 Å². The maximum Gasteiger partial charge on any atom is 0.312 e. The molecule has 0 saturated heterocycles. The van der Waals surface area contributed by atoms with Gasteiger partial charge in [0.1, 0.15) is 0 Å². The molecule has 13 heavy (non-hydrogen) atoms. The Balaban J connectivity index is 2.40. The highest BCUT2D eigenvalue weighted by atomic mass is 16.4. The van der Waals surface area contributed by atoms with Gasteiger partial charge in [0.2, 0.25) is 0 Å². The summed E-state index contributed by atoms with van der Waals surface area (Å²) in [6, 6.07) is 0. The maximum atomic E-state index is 11.1. The van der Waals surface area contributed by atoms with Crippen molar-refractivity contribution in [3.05, 3.63) is 0 Å². The van der Waals surface area contributed by atoms with Crippen molar-refractivity contribution in [3.8, 4) is 0 Å². The zero-order chi connectivity index (χ0) is 9.85. The van der Waals surface area contributed by atoms with Gasteiger partial charge in [-0.3, -0.25) is 4.79 Å². The zero-order valence-corrected chi connectivity index (χ0v) is 8.08. The third kappa shape index (κ3) is 0.857. The van der Waals surface area contributed by atoms with Crippen LogP contribution in [0.25, 0.3) is 0 Å². The van der Waals surface area contributed by atoms with Crippen molar-refractivity contribution in [1.29, 1.82) is 0 Å². The summed E-state index contributed by atoms with van der Waals surface area (Å²) in [6.07, 6.45) is 1.60. The van der Waals surface area contributed by atoms with Crippen LogP contribution in [0, 0.1) is 16.7 Å². The number of carboxylic acids is 1. The Morgan fingerprint density at radius 1 is 1.46 bits per heavy atom. The van der Waals surface area contributed by atoms with Crippen molar-refractivity contribution < 1.29 is 15.0 Å². The van der Waals surface area contributed by atoms with Crippen molar-refractivity contribution in [2.24, 2.45) is 16.7 Å². The van der Waals surface area contributed by atoms with Crippen LogP contribution >= 0.6 is 0 Å². The normalized spacial score (nSPS) is 46.7. The fourth-order valence-corrected chi connectivity index (χ4v) is 3.21. The monoisotopic (exact) mass is 184 g/mol. The second-order valence-corrected chi connectivity index (χ2v) is 5.12. The molecule has 0 spiro atoms. The van der Waals surface area contributed by atoms with Crippen LogP contribution < -0.4 is 0 Å². The number of fused-ring (bicyclic) bond motifs is 2. The van der Waals surface area contributed by atoms with Crippen LogP contribution in [-0.2, 0) is 4.79 Å². The lowest BCUT2D eigenvalue weighted by atomic mass is 9.69. The highest BCUT2D eigenvalue weighted by molar-refractivity contribution is 5.77. The smallest absolute Gasteiger partial charge is 0.312 e. The minimum absolute atomic E-state index is 0.212. The van der Waals surface area contributed by atoms with Gasteiger partial charge in [0.25, 0.3) is 0 Å². The van der Waals surface area contributed by atoms with Crippen LogP contribution in [0.4, 0.5) is 0 Å². The molecule has 0 aromatic heterocycles. The van der Waals surface area contributed by atoms with Crippen molar-refractivity contribution in [2.45, 2.75) is 39.2 Å². The molecule has 2 fully saturated rings. The van der Waals surface area contributed by atoms with Gasteiger partial charge in [0, 0.05) is 0 Å². The number of aliphatic carboxylic acids is 1. The van der Waals surface area contributed by atoms with Gasteiger partial charge in [-0.2, -0.15) is 0 Å². The van der Waals surface area contributed by atoms with Crippen LogP contribution in [0.2, 0.25) is 0 Å². The van der Waals surface area contributed by atoms with E-state index in [1.165, 1.54) is 0 Å². The highest BCUT2D eigenvalue weighted by Gasteiger charge is 2.65. The summed E-state index contributed by atoms with van der Waals surface area (Å²) in [5.74, 6) is -0.424. The van der Waals surface area contributed by atoms with Crippen molar-refractivity contribution in [3.63, 3.8) is 0 Å². The molecule has 2 rings (SSSR count). The molecule has 0 heterocycles. The Morgan fingerprint density at radius 2 is 2.08 bits per heavy atom. The van der Waals surface area contributed by atoms with E-state index in [0.717, 1.165) is 6.42 Å². The first-order valence-electron chi connectivity index (χ1n) is 4.83. The highest BCUT2D eigenvalue weighted by Crippen LogP contribution is 2.62. The first-order valence-corrected chi connectivity index (χ1v) is 4.83. The standard InChI is InChI=1S/C10H16O3/c1-9(2)6-3-4-10(5-6,7(9)11)8(12)13/h6-7,11H,3-5H2,1-2H3,(H,12,13)/t6-,7-,10-/m0/s1. The summed E-state index contributed by atoms with van der Waals surface area (Å²) in [5.41, 5.74) is -1.04. The van der Waals surface area contributed by atoms with Crippen molar-refractivity contribution in [2.75, 3.05) is 0 Å². The zero-order valence-electron chi connectivity index (χ0n) is 8.08. The van der Waals surface area contributed by atoms with E-state index < -0.39 is 17.5 Å². The number of hydrogen-bond acceptors (Lipinski definition) is 2. The summed E-state index contributed by atoms with van der Waals surface area (Å²) in [4.78, 5) is 11.1. The van der Waals surface area contributed by atoms with Crippen molar-refractivity contribution in [1.82, 2.24) is 0 Å². The van der Waals surface area contributed by atoms with Gasteiger partial charge in [-0.05, 0) is 30.6 Å². The fraction of sp³-hybridized carbons (Fsp3) is 0.900. The molecule has 2 bridgehead atoms. The second-order valence-electron chi connectivity index (χ2n) is 5.12. The Bertz CT molecular complexity index is 259. The van der Waals surface area contributed by atoms with Crippen LogP contribution in [0.15, 0.2) is 0 Å². The molecule has 3 atom stereocenters. The largest absolute Gasteiger partial charge is 0.481 e. The Hall–Kier alpha value is -0.570. The molecule has 0 radical (unpaired) electrons. The van der Waals surface area contributed by atoms with Crippen LogP contribution in [0.3, 0.4) is 0 Å². The minimum Gasteiger partial charge on any atom is -0.481 e. The number of carbonyl (C=O) groups is 1. The lowest BCUT2D eigenvalue weighted by Gasteiger charge is -2.38. The minimum atomic E-state index is -0.825. The molecule has 2 N–H and O–H groups in total. The van der Waals surface area contributed by atoms with Gasteiger partial charge < -0.3 is 10.2 Å². The van der Waals surface area contributed by atoms with Crippen LogP contribution in [0.1, 0.15) is 33.1 Å². The quantitative estimate of drug-likeness (QED) is 0.645. The predicted molar refractivity (Wildman–Crippen MR) is 47.2 cm³/mol. The van der Waals surface area contributed by atoms with Gasteiger partial charge in [-0.15, -0.1) is 0 Å². The molecule has 2 aliphatic carbocycles. The summed E-state index contributed by atoms with van der Waals surface area (Å²) in [6.45, 7) is 3.96.